The standard InChI is InChI=1S/C17H34N4O10/c18-4-1-5(19)15(31-17-12(26)8(20)6(23)3-28-17)13(27)14(4)30-16-9(21)11(25)10(24)7(2-22)29-16/h4-17,22-27H,1-3,18-21H2/t4-,5+,6+,7+,8-,9+,10+,11+,12+,13-,14+,15-,16+,17+/m0/s1. The van der Waals surface area contributed by atoms with E-state index in [0.717, 1.165) is 0 Å². The minimum absolute atomic E-state index is 0.153. The third-order valence-electron chi connectivity index (χ3n) is 6.12. The molecule has 0 aromatic rings. The van der Waals surface area contributed by atoms with E-state index in [1.165, 1.54) is 0 Å². The van der Waals surface area contributed by atoms with Gasteiger partial charge in [-0.15, -0.1) is 0 Å². The van der Waals surface area contributed by atoms with E-state index in [9.17, 15) is 30.6 Å². The van der Waals surface area contributed by atoms with Crippen molar-refractivity contribution < 1.29 is 49.6 Å². The normalized spacial score (nSPS) is 54.0. The first kappa shape index (κ1) is 25.1. The molecule has 0 spiro atoms. The van der Waals surface area contributed by atoms with E-state index in [2.05, 4.69) is 0 Å². The van der Waals surface area contributed by atoms with Gasteiger partial charge in [-0.05, 0) is 6.42 Å². The van der Waals surface area contributed by atoms with E-state index >= 15 is 0 Å². The van der Waals surface area contributed by atoms with Crippen LogP contribution in [0.1, 0.15) is 6.42 Å². The summed E-state index contributed by atoms with van der Waals surface area (Å²) in [7, 11) is 0. The van der Waals surface area contributed by atoms with E-state index in [0.29, 0.717) is 0 Å². The van der Waals surface area contributed by atoms with E-state index in [1.807, 2.05) is 0 Å². The van der Waals surface area contributed by atoms with Crippen molar-refractivity contribution in [3.8, 4) is 0 Å². The number of aliphatic hydroxyl groups is 6. The lowest BCUT2D eigenvalue weighted by atomic mass is 9.84. The fourth-order valence-corrected chi connectivity index (χ4v) is 4.11. The maximum absolute atomic E-state index is 10.9. The zero-order valence-electron chi connectivity index (χ0n) is 16.8. The molecule has 2 aliphatic heterocycles. The first-order valence-corrected chi connectivity index (χ1v) is 10.2. The molecule has 182 valence electrons. The highest BCUT2D eigenvalue weighted by molar-refractivity contribution is 5.01. The van der Waals surface area contributed by atoms with E-state index < -0.39 is 92.2 Å². The minimum Gasteiger partial charge on any atom is -0.394 e. The molecule has 14 nitrogen and oxygen atoms in total. The highest BCUT2D eigenvalue weighted by Crippen LogP contribution is 2.30. The maximum Gasteiger partial charge on any atom is 0.185 e. The smallest absolute Gasteiger partial charge is 0.185 e. The average molecular weight is 454 g/mol. The topological polar surface area (TPSA) is 262 Å². The summed E-state index contributed by atoms with van der Waals surface area (Å²) in [4.78, 5) is 0. The molecule has 3 rings (SSSR count). The number of ether oxygens (including phenoxy) is 4. The van der Waals surface area contributed by atoms with E-state index in [-0.39, 0.29) is 13.0 Å². The zero-order chi connectivity index (χ0) is 23.0. The van der Waals surface area contributed by atoms with Gasteiger partial charge in [0.25, 0.3) is 0 Å². The molecule has 3 fully saturated rings. The summed E-state index contributed by atoms with van der Waals surface area (Å²) < 4.78 is 22.1. The van der Waals surface area contributed by atoms with Crippen LogP contribution in [0.15, 0.2) is 0 Å². The second-order valence-corrected chi connectivity index (χ2v) is 8.38. The molecule has 1 aliphatic carbocycles. The Morgan fingerprint density at radius 1 is 0.742 bits per heavy atom. The van der Waals surface area contributed by atoms with Gasteiger partial charge in [-0.3, -0.25) is 0 Å². The van der Waals surface area contributed by atoms with Crippen molar-refractivity contribution in [1.29, 1.82) is 0 Å². The van der Waals surface area contributed by atoms with Crippen LogP contribution in [-0.4, -0.2) is 129 Å². The summed E-state index contributed by atoms with van der Waals surface area (Å²) >= 11 is 0. The number of nitrogens with two attached hydrogens (primary N) is 4. The Labute approximate surface area is 178 Å². The van der Waals surface area contributed by atoms with Crippen molar-refractivity contribution in [3.63, 3.8) is 0 Å². The predicted molar refractivity (Wildman–Crippen MR) is 102 cm³/mol. The van der Waals surface area contributed by atoms with Gasteiger partial charge in [-0.25, -0.2) is 0 Å². The van der Waals surface area contributed by atoms with Gasteiger partial charge in [-0.1, -0.05) is 0 Å². The van der Waals surface area contributed by atoms with E-state index in [4.69, 9.17) is 41.9 Å². The SMILES string of the molecule is N[C@@H]1[C@@H](O)[C@@H](O[C@@H]2[C@@H](O)[C@H](O[C@H]3O[C@H](CO)[C@@H](O)[C@H](O)[C@H]3N)[C@@H](N)C[C@H]2N)OC[C@H]1O. The van der Waals surface area contributed by atoms with Crippen molar-refractivity contribution in [2.24, 2.45) is 22.9 Å². The van der Waals surface area contributed by atoms with Crippen LogP contribution in [0.4, 0.5) is 0 Å². The van der Waals surface area contributed by atoms with Crippen molar-refractivity contribution in [2.75, 3.05) is 13.2 Å². The molecule has 31 heavy (non-hydrogen) atoms. The fraction of sp³-hybridized carbons (Fsp3) is 1.00. The average Bonchev–Trinajstić information content (AvgIpc) is 2.73. The Morgan fingerprint density at radius 2 is 1.32 bits per heavy atom. The number of hydrogen-bond donors (Lipinski definition) is 10. The van der Waals surface area contributed by atoms with Crippen LogP contribution >= 0.6 is 0 Å². The molecule has 0 amide bonds. The molecule has 0 aromatic heterocycles. The van der Waals surface area contributed by atoms with Crippen molar-refractivity contribution >= 4 is 0 Å². The van der Waals surface area contributed by atoms with Crippen molar-refractivity contribution in [2.45, 2.75) is 92.0 Å². The predicted octanol–water partition coefficient (Wildman–Crippen LogP) is -6.65. The summed E-state index contributed by atoms with van der Waals surface area (Å²) in [5, 5.41) is 60.1. The number of hydrogen-bond acceptors (Lipinski definition) is 14. The highest BCUT2D eigenvalue weighted by atomic mass is 16.7. The summed E-state index contributed by atoms with van der Waals surface area (Å²) in [6, 6.07) is -3.71. The quantitative estimate of drug-likeness (QED) is 0.185. The molecule has 2 heterocycles. The Kier molecular flexibility index (Phi) is 8.21. The van der Waals surface area contributed by atoms with Gasteiger partial charge in [0, 0.05) is 12.1 Å². The molecule has 14 N–H and O–H groups in total. The largest absolute Gasteiger partial charge is 0.394 e. The van der Waals surface area contributed by atoms with Crippen molar-refractivity contribution in [3.05, 3.63) is 0 Å². The van der Waals surface area contributed by atoms with Gasteiger partial charge in [0.1, 0.15) is 42.7 Å². The summed E-state index contributed by atoms with van der Waals surface area (Å²) in [6.07, 6.45) is -12.4. The molecular formula is C17H34N4O10. The van der Waals surface area contributed by atoms with Crippen LogP contribution in [0, 0.1) is 0 Å². The number of rotatable bonds is 5. The van der Waals surface area contributed by atoms with Crippen LogP contribution < -0.4 is 22.9 Å². The second-order valence-electron chi connectivity index (χ2n) is 8.38. The fourth-order valence-electron chi connectivity index (χ4n) is 4.11. The van der Waals surface area contributed by atoms with Gasteiger partial charge in [0.15, 0.2) is 12.6 Å². The van der Waals surface area contributed by atoms with Crippen LogP contribution in [0.5, 0.6) is 0 Å². The molecular weight excluding hydrogens is 420 g/mol. The molecule has 1 saturated carbocycles. The second kappa shape index (κ2) is 10.1. The van der Waals surface area contributed by atoms with Crippen LogP contribution in [0.25, 0.3) is 0 Å². The first-order chi connectivity index (χ1) is 14.6. The molecule has 0 aromatic carbocycles. The van der Waals surface area contributed by atoms with Gasteiger partial charge in [0.05, 0.1) is 31.4 Å². The van der Waals surface area contributed by atoms with Gasteiger partial charge >= 0.3 is 0 Å². The van der Waals surface area contributed by atoms with Crippen LogP contribution in [0.3, 0.4) is 0 Å². The van der Waals surface area contributed by atoms with E-state index in [1.54, 1.807) is 0 Å². The molecule has 0 radical (unpaired) electrons. The molecule has 0 bridgehead atoms. The van der Waals surface area contributed by atoms with Gasteiger partial charge in [-0.2, -0.15) is 0 Å². The van der Waals surface area contributed by atoms with Crippen molar-refractivity contribution in [1.82, 2.24) is 0 Å². The number of aliphatic hydroxyl groups excluding tert-OH is 6. The lowest BCUT2D eigenvalue weighted by molar-refractivity contribution is -0.310. The molecule has 14 atom stereocenters. The molecule has 2 saturated heterocycles. The Balaban J connectivity index is 1.70. The van der Waals surface area contributed by atoms with Gasteiger partial charge in [0.2, 0.25) is 0 Å². The maximum atomic E-state index is 10.9. The lowest BCUT2D eigenvalue weighted by Crippen LogP contribution is -2.68. The Hall–Kier alpha value is -0.560. The molecule has 3 aliphatic rings. The van der Waals surface area contributed by atoms with Gasteiger partial charge < -0.3 is 72.5 Å². The van der Waals surface area contributed by atoms with Crippen LogP contribution in [-0.2, 0) is 18.9 Å². The Bertz CT molecular complexity index is 591. The minimum atomic E-state index is -1.44. The molecule has 14 heteroatoms. The first-order valence-electron chi connectivity index (χ1n) is 10.2. The third-order valence-corrected chi connectivity index (χ3v) is 6.12. The summed E-state index contributed by atoms with van der Waals surface area (Å²) in [6.45, 7) is -0.766. The third kappa shape index (κ3) is 5.02. The highest BCUT2D eigenvalue weighted by Gasteiger charge is 2.50. The van der Waals surface area contributed by atoms with Crippen LogP contribution in [0.2, 0.25) is 0 Å². The summed E-state index contributed by atoms with van der Waals surface area (Å²) in [5.41, 5.74) is 23.8. The summed E-state index contributed by atoms with van der Waals surface area (Å²) in [5.74, 6) is 0. The Morgan fingerprint density at radius 3 is 1.90 bits per heavy atom. The lowest BCUT2D eigenvalue weighted by Gasteiger charge is -2.47. The molecule has 0 unspecified atom stereocenters. The zero-order valence-corrected chi connectivity index (χ0v) is 16.8. The monoisotopic (exact) mass is 454 g/mol.